The van der Waals surface area contributed by atoms with Crippen LogP contribution in [0.25, 0.3) is 0 Å². The number of nitrogens with zero attached hydrogens (tertiary/aromatic N) is 1. The van der Waals surface area contributed by atoms with Gasteiger partial charge in [0.05, 0.1) is 11.4 Å². The van der Waals surface area contributed by atoms with Gasteiger partial charge in [-0.25, -0.2) is 12.8 Å². The molecule has 0 aliphatic heterocycles. The summed E-state index contributed by atoms with van der Waals surface area (Å²) in [5, 5.41) is 0. The summed E-state index contributed by atoms with van der Waals surface area (Å²) >= 11 is 0. The standard InChI is InChI=1S/C18H20FN3O4S/c1-12-4-8-15(9-5-12)27(25,26)22(3)11-17(23)20-21-18(24)14-7-6-13(2)16(19)10-14/h4-10H,11H2,1-3H3,(H,20,23)(H,21,24). The van der Waals surface area contributed by atoms with Crippen molar-refractivity contribution in [1.82, 2.24) is 15.2 Å². The minimum absolute atomic E-state index is 0.0269. The SMILES string of the molecule is Cc1ccc(S(=O)(=O)N(C)CC(=O)NNC(=O)c2ccc(C)c(F)c2)cc1. The van der Waals surface area contributed by atoms with Crippen molar-refractivity contribution in [1.29, 1.82) is 0 Å². The van der Waals surface area contributed by atoms with Crippen molar-refractivity contribution in [3.8, 4) is 0 Å². The predicted octanol–water partition coefficient (Wildman–Crippen LogP) is 1.52. The third-order valence-electron chi connectivity index (χ3n) is 3.84. The van der Waals surface area contributed by atoms with Crippen LogP contribution < -0.4 is 10.9 Å². The first kappa shape index (κ1) is 20.5. The Morgan fingerprint density at radius 1 is 1.04 bits per heavy atom. The average Bonchev–Trinajstić information content (AvgIpc) is 2.62. The quantitative estimate of drug-likeness (QED) is 0.753. The van der Waals surface area contributed by atoms with Crippen LogP contribution in [0.5, 0.6) is 0 Å². The molecule has 0 bridgehead atoms. The molecular weight excluding hydrogens is 373 g/mol. The molecule has 0 saturated carbocycles. The lowest BCUT2D eigenvalue weighted by atomic mass is 10.1. The van der Waals surface area contributed by atoms with E-state index in [1.54, 1.807) is 19.1 Å². The third kappa shape index (κ3) is 5.11. The Morgan fingerprint density at radius 2 is 1.67 bits per heavy atom. The maximum Gasteiger partial charge on any atom is 0.269 e. The number of carbonyl (C=O) groups is 2. The van der Waals surface area contributed by atoms with Crippen molar-refractivity contribution >= 4 is 21.8 Å². The fraction of sp³-hybridized carbons (Fsp3) is 0.222. The van der Waals surface area contributed by atoms with Gasteiger partial charge in [0.25, 0.3) is 11.8 Å². The van der Waals surface area contributed by atoms with Crippen molar-refractivity contribution in [2.24, 2.45) is 0 Å². The first-order valence-electron chi connectivity index (χ1n) is 7.99. The molecule has 0 unspecified atom stereocenters. The van der Waals surface area contributed by atoms with Gasteiger partial charge in [0.15, 0.2) is 0 Å². The highest BCUT2D eigenvalue weighted by molar-refractivity contribution is 7.89. The van der Waals surface area contributed by atoms with Crippen LogP contribution in [0.1, 0.15) is 21.5 Å². The Morgan fingerprint density at radius 3 is 2.26 bits per heavy atom. The fourth-order valence-electron chi connectivity index (χ4n) is 2.15. The highest BCUT2D eigenvalue weighted by Crippen LogP contribution is 2.14. The largest absolute Gasteiger partial charge is 0.272 e. The van der Waals surface area contributed by atoms with Gasteiger partial charge in [-0.3, -0.25) is 20.4 Å². The van der Waals surface area contributed by atoms with E-state index < -0.39 is 34.2 Å². The van der Waals surface area contributed by atoms with E-state index in [1.807, 2.05) is 6.92 Å². The van der Waals surface area contributed by atoms with Crippen LogP contribution in [-0.4, -0.2) is 38.1 Å². The van der Waals surface area contributed by atoms with Gasteiger partial charge < -0.3 is 0 Å². The molecule has 2 aromatic carbocycles. The minimum atomic E-state index is -3.84. The molecule has 2 aromatic rings. The van der Waals surface area contributed by atoms with Gasteiger partial charge in [0.1, 0.15) is 5.82 Å². The lowest BCUT2D eigenvalue weighted by Crippen LogP contribution is -2.46. The van der Waals surface area contributed by atoms with Gasteiger partial charge >= 0.3 is 0 Å². The number of aryl methyl sites for hydroxylation is 2. The Kier molecular flexibility index (Phi) is 6.29. The summed E-state index contributed by atoms with van der Waals surface area (Å²) in [5.74, 6) is -2.00. The summed E-state index contributed by atoms with van der Waals surface area (Å²) < 4.78 is 39.2. The number of benzene rings is 2. The van der Waals surface area contributed by atoms with Gasteiger partial charge in [0, 0.05) is 12.6 Å². The first-order chi connectivity index (χ1) is 12.6. The second kappa shape index (κ2) is 8.28. The molecule has 0 spiro atoms. The zero-order valence-corrected chi connectivity index (χ0v) is 15.9. The molecule has 0 fully saturated rings. The molecule has 27 heavy (non-hydrogen) atoms. The molecule has 2 rings (SSSR count). The van der Waals surface area contributed by atoms with Gasteiger partial charge in [-0.05, 0) is 43.7 Å². The molecule has 0 radical (unpaired) electrons. The summed E-state index contributed by atoms with van der Waals surface area (Å²) in [7, 11) is -2.59. The van der Waals surface area contributed by atoms with Crippen molar-refractivity contribution in [2.75, 3.05) is 13.6 Å². The molecule has 2 N–H and O–H groups in total. The molecule has 0 aliphatic carbocycles. The van der Waals surface area contributed by atoms with Crippen molar-refractivity contribution in [3.05, 3.63) is 65.0 Å². The fourth-order valence-corrected chi connectivity index (χ4v) is 3.28. The van der Waals surface area contributed by atoms with Crippen LogP contribution in [-0.2, 0) is 14.8 Å². The van der Waals surface area contributed by atoms with Crippen LogP contribution >= 0.6 is 0 Å². The molecule has 0 aliphatic rings. The van der Waals surface area contributed by atoms with E-state index in [0.29, 0.717) is 5.56 Å². The van der Waals surface area contributed by atoms with Crippen LogP contribution in [0, 0.1) is 19.7 Å². The number of carbonyl (C=O) groups excluding carboxylic acids is 2. The van der Waals surface area contributed by atoms with Gasteiger partial charge in [-0.15, -0.1) is 0 Å². The van der Waals surface area contributed by atoms with E-state index in [9.17, 15) is 22.4 Å². The Hall–Kier alpha value is -2.78. The van der Waals surface area contributed by atoms with E-state index in [0.717, 1.165) is 15.9 Å². The topological polar surface area (TPSA) is 95.6 Å². The van der Waals surface area contributed by atoms with E-state index in [1.165, 1.54) is 31.3 Å². The zero-order valence-electron chi connectivity index (χ0n) is 15.1. The normalized spacial score (nSPS) is 11.3. The highest BCUT2D eigenvalue weighted by Gasteiger charge is 2.23. The second-order valence-corrected chi connectivity index (χ2v) is 8.09. The maximum absolute atomic E-state index is 13.5. The summed E-state index contributed by atoms with van der Waals surface area (Å²) in [6.45, 7) is 2.89. The van der Waals surface area contributed by atoms with Crippen molar-refractivity contribution in [3.63, 3.8) is 0 Å². The number of amides is 2. The number of rotatable bonds is 5. The molecule has 0 atom stereocenters. The number of sulfonamides is 1. The van der Waals surface area contributed by atoms with Crippen LogP contribution in [0.4, 0.5) is 4.39 Å². The average molecular weight is 393 g/mol. The number of nitrogens with one attached hydrogen (secondary N) is 2. The molecule has 0 aromatic heterocycles. The predicted molar refractivity (Wildman–Crippen MR) is 97.7 cm³/mol. The van der Waals surface area contributed by atoms with E-state index in [4.69, 9.17) is 0 Å². The van der Waals surface area contributed by atoms with Crippen molar-refractivity contribution < 1.29 is 22.4 Å². The number of likely N-dealkylation sites (N-methyl/N-ethyl adjacent to an activating group) is 1. The molecule has 9 heteroatoms. The summed E-state index contributed by atoms with van der Waals surface area (Å²) in [6, 6.07) is 10.1. The third-order valence-corrected chi connectivity index (χ3v) is 5.66. The second-order valence-electron chi connectivity index (χ2n) is 6.04. The van der Waals surface area contributed by atoms with Crippen LogP contribution in [0.3, 0.4) is 0 Å². The maximum atomic E-state index is 13.5. The summed E-state index contributed by atoms with van der Waals surface area (Å²) in [4.78, 5) is 23.9. The molecule has 7 nitrogen and oxygen atoms in total. The lowest BCUT2D eigenvalue weighted by Gasteiger charge is -2.17. The minimum Gasteiger partial charge on any atom is -0.272 e. The van der Waals surface area contributed by atoms with E-state index in [2.05, 4.69) is 10.9 Å². The Balaban J connectivity index is 1.95. The Labute approximate surface area is 157 Å². The molecule has 0 heterocycles. The number of hydrogen-bond acceptors (Lipinski definition) is 4. The summed E-state index contributed by atoms with van der Waals surface area (Å²) in [6.07, 6.45) is 0. The number of hydrazine groups is 1. The molecule has 144 valence electrons. The van der Waals surface area contributed by atoms with Gasteiger partial charge in [-0.2, -0.15) is 4.31 Å². The number of halogens is 1. The first-order valence-corrected chi connectivity index (χ1v) is 9.43. The van der Waals surface area contributed by atoms with E-state index >= 15 is 0 Å². The summed E-state index contributed by atoms with van der Waals surface area (Å²) in [5.41, 5.74) is 5.56. The monoisotopic (exact) mass is 393 g/mol. The van der Waals surface area contributed by atoms with E-state index in [-0.39, 0.29) is 10.5 Å². The highest BCUT2D eigenvalue weighted by atomic mass is 32.2. The van der Waals surface area contributed by atoms with Crippen molar-refractivity contribution in [2.45, 2.75) is 18.7 Å². The number of hydrogen-bond donors (Lipinski definition) is 2. The lowest BCUT2D eigenvalue weighted by molar-refractivity contribution is -0.121. The smallest absolute Gasteiger partial charge is 0.269 e. The Bertz CT molecular complexity index is 959. The zero-order chi connectivity index (χ0) is 20.2. The molecule has 0 saturated heterocycles. The van der Waals surface area contributed by atoms with Gasteiger partial charge in [-0.1, -0.05) is 23.8 Å². The molecular formula is C18H20FN3O4S. The molecule has 2 amide bonds. The van der Waals surface area contributed by atoms with Crippen LogP contribution in [0.2, 0.25) is 0 Å². The van der Waals surface area contributed by atoms with Crippen LogP contribution in [0.15, 0.2) is 47.4 Å². The van der Waals surface area contributed by atoms with Gasteiger partial charge in [0.2, 0.25) is 10.0 Å².